The number of rotatable bonds is 9. The fourth-order valence-electron chi connectivity index (χ4n) is 3.49. The molecule has 38 heavy (non-hydrogen) atoms. The standard InChI is InChI=1S/C30H29N3O5/c1-18(2)30(36)38-17-23(34)16-37-24-13-14-25(26(35)15-24)29-32-27(21-9-5-19(3)6-10-21)31-28(33-29)22-11-7-20(4)8-12-22/h5-15,23,34-35H,1,16-17H2,2-4H3. The monoisotopic (exact) mass is 511 g/mol. The predicted molar refractivity (Wildman–Crippen MR) is 145 cm³/mol. The van der Waals surface area contributed by atoms with E-state index in [0.29, 0.717) is 28.8 Å². The van der Waals surface area contributed by atoms with Crippen LogP contribution < -0.4 is 4.74 Å². The molecule has 0 radical (unpaired) electrons. The lowest BCUT2D eigenvalue weighted by molar-refractivity contribution is -0.142. The Morgan fingerprint density at radius 3 is 1.87 bits per heavy atom. The molecule has 0 fully saturated rings. The predicted octanol–water partition coefficient (Wildman–Crippen LogP) is 5.05. The maximum absolute atomic E-state index is 11.5. The molecule has 0 aliphatic carbocycles. The first-order valence-corrected chi connectivity index (χ1v) is 12.1. The van der Waals surface area contributed by atoms with Crippen LogP contribution in [0.2, 0.25) is 0 Å². The molecule has 1 unspecified atom stereocenters. The Balaban J connectivity index is 1.60. The molecule has 0 aliphatic heterocycles. The summed E-state index contributed by atoms with van der Waals surface area (Å²) in [6, 6.07) is 20.4. The Morgan fingerprint density at radius 1 is 0.842 bits per heavy atom. The maximum Gasteiger partial charge on any atom is 0.333 e. The van der Waals surface area contributed by atoms with Gasteiger partial charge in [-0.3, -0.25) is 0 Å². The summed E-state index contributed by atoms with van der Waals surface area (Å²) in [6.07, 6.45) is -1.04. The van der Waals surface area contributed by atoms with Gasteiger partial charge in [0.1, 0.15) is 30.8 Å². The van der Waals surface area contributed by atoms with E-state index in [4.69, 9.17) is 14.5 Å². The SMILES string of the molecule is C=C(C)C(=O)OCC(O)COc1ccc(-c2nc(-c3ccc(C)cc3)nc(-c3ccc(C)cc3)n2)c(O)c1. The minimum absolute atomic E-state index is 0.0957. The zero-order valence-electron chi connectivity index (χ0n) is 21.5. The van der Waals surface area contributed by atoms with E-state index in [9.17, 15) is 15.0 Å². The van der Waals surface area contributed by atoms with Crippen LogP contribution in [-0.4, -0.2) is 50.5 Å². The first-order valence-electron chi connectivity index (χ1n) is 12.1. The molecule has 3 aromatic carbocycles. The van der Waals surface area contributed by atoms with Gasteiger partial charge < -0.3 is 19.7 Å². The lowest BCUT2D eigenvalue weighted by atomic mass is 10.1. The number of aromatic nitrogens is 3. The van der Waals surface area contributed by atoms with Crippen LogP contribution in [0.4, 0.5) is 0 Å². The molecule has 0 saturated heterocycles. The minimum Gasteiger partial charge on any atom is -0.507 e. The molecule has 4 aromatic rings. The summed E-state index contributed by atoms with van der Waals surface area (Å²) in [5.74, 6) is 0.917. The Labute approximate surface area is 221 Å². The number of esters is 1. The molecule has 194 valence electrons. The number of phenolic OH excluding ortho intramolecular Hbond substituents is 1. The van der Waals surface area contributed by atoms with Gasteiger partial charge in [-0.25, -0.2) is 19.7 Å². The average molecular weight is 512 g/mol. The van der Waals surface area contributed by atoms with Crippen LogP contribution in [0.5, 0.6) is 11.5 Å². The molecule has 8 heteroatoms. The fourth-order valence-corrected chi connectivity index (χ4v) is 3.49. The molecule has 0 bridgehead atoms. The van der Waals surface area contributed by atoms with Crippen molar-refractivity contribution in [2.24, 2.45) is 0 Å². The second-order valence-corrected chi connectivity index (χ2v) is 9.06. The molecule has 8 nitrogen and oxygen atoms in total. The number of aromatic hydroxyl groups is 1. The van der Waals surface area contributed by atoms with Gasteiger partial charge in [0.25, 0.3) is 0 Å². The molecule has 1 atom stereocenters. The van der Waals surface area contributed by atoms with Gasteiger partial charge in [0, 0.05) is 22.8 Å². The highest BCUT2D eigenvalue weighted by atomic mass is 16.5. The van der Waals surface area contributed by atoms with E-state index in [1.54, 1.807) is 12.1 Å². The van der Waals surface area contributed by atoms with Crippen LogP contribution in [0.15, 0.2) is 78.9 Å². The molecular weight excluding hydrogens is 482 g/mol. The summed E-state index contributed by atoms with van der Waals surface area (Å²) >= 11 is 0. The minimum atomic E-state index is -1.04. The van der Waals surface area contributed by atoms with Crippen molar-refractivity contribution in [2.75, 3.05) is 13.2 Å². The van der Waals surface area contributed by atoms with Gasteiger partial charge in [0.05, 0.1) is 5.56 Å². The number of carbonyl (C=O) groups excluding carboxylic acids is 1. The van der Waals surface area contributed by atoms with E-state index in [2.05, 4.69) is 16.5 Å². The smallest absolute Gasteiger partial charge is 0.333 e. The third-order valence-electron chi connectivity index (χ3n) is 5.66. The van der Waals surface area contributed by atoms with E-state index in [1.807, 2.05) is 62.4 Å². The first-order chi connectivity index (χ1) is 18.2. The number of ether oxygens (including phenoxy) is 2. The van der Waals surface area contributed by atoms with Crippen molar-refractivity contribution in [3.05, 3.63) is 90.0 Å². The van der Waals surface area contributed by atoms with Gasteiger partial charge in [-0.1, -0.05) is 66.2 Å². The number of nitrogens with zero attached hydrogens (tertiary/aromatic N) is 3. The number of aryl methyl sites for hydroxylation is 2. The highest BCUT2D eigenvalue weighted by Crippen LogP contribution is 2.33. The largest absolute Gasteiger partial charge is 0.507 e. The number of phenols is 1. The third-order valence-corrected chi connectivity index (χ3v) is 5.66. The molecule has 0 aliphatic rings. The summed E-state index contributed by atoms with van der Waals surface area (Å²) in [5.41, 5.74) is 4.54. The van der Waals surface area contributed by atoms with Crippen LogP contribution in [0, 0.1) is 13.8 Å². The van der Waals surface area contributed by atoms with Crippen molar-refractivity contribution in [1.29, 1.82) is 0 Å². The fraction of sp³-hybridized carbons (Fsp3) is 0.200. The molecule has 2 N–H and O–H groups in total. The molecule has 1 aromatic heterocycles. The number of hydrogen-bond acceptors (Lipinski definition) is 8. The number of carbonyl (C=O) groups is 1. The summed E-state index contributed by atoms with van der Waals surface area (Å²) in [5, 5.41) is 20.9. The van der Waals surface area contributed by atoms with Crippen molar-refractivity contribution in [2.45, 2.75) is 26.9 Å². The zero-order valence-corrected chi connectivity index (χ0v) is 21.5. The lowest BCUT2D eigenvalue weighted by Crippen LogP contribution is -2.25. The topological polar surface area (TPSA) is 115 Å². The van der Waals surface area contributed by atoms with Gasteiger partial charge in [-0.2, -0.15) is 0 Å². The Kier molecular flexibility index (Phi) is 8.13. The normalized spacial score (nSPS) is 11.6. The highest BCUT2D eigenvalue weighted by Gasteiger charge is 2.16. The van der Waals surface area contributed by atoms with Crippen LogP contribution in [0.25, 0.3) is 34.2 Å². The van der Waals surface area contributed by atoms with Gasteiger partial charge in [0.15, 0.2) is 17.5 Å². The van der Waals surface area contributed by atoms with Gasteiger partial charge in [-0.15, -0.1) is 0 Å². The van der Waals surface area contributed by atoms with Crippen LogP contribution in [0.1, 0.15) is 18.1 Å². The van der Waals surface area contributed by atoms with Crippen LogP contribution in [0.3, 0.4) is 0 Å². The van der Waals surface area contributed by atoms with Gasteiger partial charge in [0.2, 0.25) is 0 Å². The summed E-state index contributed by atoms with van der Waals surface area (Å²) in [6.45, 7) is 8.67. The molecule has 0 spiro atoms. The van der Waals surface area contributed by atoms with E-state index in [1.165, 1.54) is 13.0 Å². The van der Waals surface area contributed by atoms with Crippen molar-refractivity contribution < 1.29 is 24.5 Å². The van der Waals surface area contributed by atoms with Crippen molar-refractivity contribution in [3.63, 3.8) is 0 Å². The van der Waals surface area contributed by atoms with Crippen LogP contribution in [-0.2, 0) is 9.53 Å². The molecule has 1 heterocycles. The van der Waals surface area contributed by atoms with Crippen LogP contribution >= 0.6 is 0 Å². The second kappa shape index (κ2) is 11.7. The zero-order chi connectivity index (χ0) is 27.2. The average Bonchev–Trinajstić information content (AvgIpc) is 2.91. The van der Waals surface area contributed by atoms with Crippen molar-refractivity contribution in [3.8, 4) is 45.7 Å². The lowest BCUT2D eigenvalue weighted by Gasteiger charge is -2.14. The molecular formula is C30H29N3O5. The molecule has 0 amide bonds. The number of aliphatic hydroxyl groups excluding tert-OH is 1. The second-order valence-electron chi connectivity index (χ2n) is 9.06. The van der Waals surface area contributed by atoms with E-state index >= 15 is 0 Å². The van der Waals surface area contributed by atoms with Crippen molar-refractivity contribution >= 4 is 5.97 Å². The number of aliphatic hydroxyl groups is 1. The van der Waals surface area contributed by atoms with Gasteiger partial charge >= 0.3 is 5.97 Å². The highest BCUT2D eigenvalue weighted by molar-refractivity contribution is 5.86. The third kappa shape index (κ3) is 6.60. The summed E-state index contributed by atoms with van der Waals surface area (Å²) < 4.78 is 10.5. The summed E-state index contributed by atoms with van der Waals surface area (Å²) in [7, 11) is 0. The first kappa shape index (κ1) is 26.5. The van der Waals surface area contributed by atoms with E-state index < -0.39 is 12.1 Å². The van der Waals surface area contributed by atoms with Gasteiger partial charge in [-0.05, 0) is 32.9 Å². The quantitative estimate of drug-likeness (QED) is 0.237. The van der Waals surface area contributed by atoms with Crippen molar-refractivity contribution in [1.82, 2.24) is 15.0 Å². The number of hydrogen-bond donors (Lipinski definition) is 2. The maximum atomic E-state index is 11.5. The molecule has 4 rings (SSSR count). The van der Waals surface area contributed by atoms with E-state index in [0.717, 1.165) is 22.3 Å². The number of benzene rings is 3. The molecule has 0 saturated carbocycles. The summed E-state index contributed by atoms with van der Waals surface area (Å²) in [4.78, 5) is 25.5. The Bertz CT molecular complexity index is 1390. The Morgan fingerprint density at radius 2 is 1.37 bits per heavy atom. The van der Waals surface area contributed by atoms with E-state index in [-0.39, 0.29) is 24.5 Å². The Hall–Kier alpha value is -4.56.